The van der Waals surface area contributed by atoms with Crippen molar-refractivity contribution in [1.82, 2.24) is 4.90 Å². The Morgan fingerprint density at radius 2 is 1.72 bits per heavy atom. The van der Waals surface area contributed by atoms with E-state index in [1.165, 1.54) is 6.42 Å². The summed E-state index contributed by atoms with van der Waals surface area (Å²) in [5.41, 5.74) is 0.810. The molecule has 1 aromatic rings. The number of amides is 1. The van der Waals surface area contributed by atoms with E-state index in [1.807, 2.05) is 15.9 Å². The fraction of sp³-hybridized carbons (Fsp3) is 0.632. The molecule has 0 aromatic heterocycles. The zero-order valence-electron chi connectivity index (χ0n) is 15.1. The number of likely N-dealkylation sites (tertiary alicyclic amines) is 1. The molecule has 2 heterocycles. The normalized spacial score (nSPS) is 25.0. The van der Waals surface area contributed by atoms with Gasteiger partial charge in [-0.2, -0.15) is 0 Å². The monoisotopic (exact) mass is 345 g/mol. The maximum atomic E-state index is 12.9. The Morgan fingerprint density at radius 3 is 2.32 bits per heavy atom. The van der Waals surface area contributed by atoms with Crippen molar-refractivity contribution in [1.29, 1.82) is 0 Å². The van der Waals surface area contributed by atoms with Gasteiger partial charge in [-0.25, -0.2) is 0 Å². The number of hydrogen-bond acceptors (Lipinski definition) is 4. The SMILES string of the molecule is C[C@H]1C[C@H](C)CN(C(=O)C2CCN(c3ccccc3[N+](=O)[O-])CC2)C1. The average Bonchev–Trinajstić information content (AvgIpc) is 2.60. The minimum atomic E-state index is -0.330. The number of carbonyl (C=O) groups excluding carboxylic acids is 1. The summed E-state index contributed by atoms with van der Waals surface area (Å²) in [5, 5.41) is 11.2. The van der Waals surface area contributed by atoms with Gasteiger partial charge in [-0.05, 0) is 37.2 Å². The minimum Gasteiger partial charge on any atom is -0.366 e. The maximum absolute atomic E-state index is 12.9. The Morgan fingerprint density at radius 1 is 1.12 bits per heavy atom. The van der Waals surface area contributed by atoms with Gasteiger partial charge in [-0.15, -0.1) is 0 Å². The highest BCUT2D eigenvalue weighted by Gasteiger charge is 2.33. The highest BCUT2D eigenvalue weighted by Crippen LogP contribution is 2.32. The van der Waals surface area contributed by atoms with Crippen molar-refractivity contribution in [3.63, 3.8) is 0 Å². The lowest BCUT2D eigenvalue weighted by molar-refractivity contribution is -0.384. The van der Waals surface area contributed by atoms with Gasteiger partial charge in [-0.1, -0.05) is 26.0 Å². The highest BCUT2D eigenvalue weighted by molar-refractivity contribution is 5.79. The van der Waals surface area contributed by atoms with Gasteiger partial charge in [0.1, 0.15) is 5.69 Å². The van der Waals surface area contributed by atoms with Crippen LogP contribution in [0, 0.1) is 27.9 Å². The first-order chi connectivity index (χ1) is 12.0. The van der Waals surface area contributed by atoms with Crippen molar-refractivity contribution in [2.45, 2.75) is 33.1 Å². The second-order valence-electron chi connectivity index (χ2n) is 7.70. The first-order valence-corrected chi connectivity index (χ1v) is 9.23. The molecule has 25 heavy (non-hydrogen) atoms. The van der Waals surface area contributed by atoms with Crippen LogP contribution in [0.5, 0.6) is 0 Å². The third kappa shape index (κ3) is 3.94. The standard InChI is InChI=1S/C19H27N3O3/c1-14-11-15(2)13-21(12-14)19(23)16-7-9-20(10-8-16)17-5-3-4-6-18(17)22(24)25/h3-6,14-16H,7-13H2,1-2H3/t14-,15-/m0/s1. The molecule has 2 aliphatic heterocycles. The number of rotatable bonds is 3. The molecule has 2 aliphatic rings. The van der Waals surface area contributed by atoms with Crippen LogP contribution in [0.4, 0.5) is 11.4 Å². The van der Waals surface area contributed by atoms with Gasteiger partial charge in [0.2, 0.25) is 5.91 Å². The Balaban J connectivity index is 1.62. The summed E-state index contributed by atoms with van der Waals surface area (Å²) >= 11 is 0. The first-order valence-electron chi connectivity index (χ1n) is 9.23. The fourth-order valence-electron chi connectivity index (χ4n) is 4.35. The molecular weight excluding hydrogens is 318 g/mol. The lowest BCUT2D eigenvalue weighted by Gasteiger charge is -2.39. The van der Waals surface area contributed by atoms with E-state index in [-0.39, 0.29) is 22.4 Å². The molecule has 136 valence electrons. The summed E-state index contributed by atoms with van der Waals surface area (Å²) in [6, 6.07) is 6.87. The Labute approximate surface area is 148 Å². The van der Waals surface area contributed by atoms with Crippen LogP contribution in [0.25, 0.3) is 0 Å². The predicted octanol–water partition coefficient (Wildman–Crippen LogP) is 3.32. The predicted molar refractivity (Wildman–Crippen MR) is 97.6 cm³/mol. The third-order valence-corrected chi connectivity index (χ3v) is 5.44. The molecule has 3 rings (SSSR count). The van der Waals surface area contributed by atoms with Gasteiger partial charge in [-0.3, -0.25) is 14.9 Å². The minimum absolute atomic E-state index is 0.0523. The van der Waals surface area contributed by atoms with E-state index in [4.69, 9.17) is 0 Å². The largest absolute Gasteiger partial charge is 0.366 e. The Bertz CT molecular complexity index is 631. The first kappa shape index (κ1) is 17.7. The van der Waals surface area contributed by atoms with E-state index in [2.05, 4.69) is 13.8 Å². The molecule has 0 N–H and O–H groups in total. The van der Waals surface area contributed by atoms with Crippen LogP contribution < -0.4 is 4.90 Å². The van der Waals surface area contributed by atoms with Gasteiger partial charge in [0.15, 0.2) is 0 Å². The topological polar surface area (TPSA) is 66.7 Å². The molecule has 1 aromatic carbocycles. The number of anilines is 1. The molecule has 0 bridgehead atoms. The van der Waals surface area contributed by atoms with E-state index in [1.54, 1.807) is 18.2 Å². The fourth-order valence-corrected chi connectivity index (χ4v) is 4.35. The molecular formula is C19H27N3O3. The van der Waals surface area contributed by atoms with Crippen LogP contribution in [-0.2, 0) is 4.79 Å². The summed E-state index contributed by atoms with van der Waals surface area (Å²) in [5.74, 6) is 1.47. The van der Waals surface area contributed by atoms with Gasteiger partial charge in [0.25, 0.3) is 5.69 Å². The lowest BCUT2D eigenvalue weighted by atomic mass is 9.89. The summed E-state index contributed by atoms with van der Waals surface area (Å²) < 4.78 is 0. The summed E-state index contributed by atoms with van der Waals surface area (Å²) in [6.45, 7) is 7.56. The number of benzene rings is 1. The number of hydrogen-bond donors (Lipinski definition) is 0. The zero-order valence-corrected chi connectivity index (χ0v) is 15.1. The number of para-hydroxylation sites is 2. The number of nitro groups is 1. The van der Waals surface area contributed by atoms with Crippen LogP contribution in [-0.4, -0.2) is 41.9 Å². The van der Waals surface area contributed by atoms with Gasteiger partial charge in [0, 0.05) is 38.2 Å². The smallest absolute Gasteiger partial charge is 0.292 e. The molecule has 6 nitrogen and oxygen atoms in total. The van der Waals surface area contributed by atoms with E-state index < -0.39 is 0 Å². The van der Waals surface area contributed by atoms with Crippen molar-refractivity contribution >= 4 is 17.3 Å². The van der Waals surface area contributed by atoms with E-state index in [0.717, 1.165) is 25.9 Å². The molecule has 2 saturated heterocycles. The van der Waals surface area contributed by atoms with Crippen LogP contribution >= 0.6 is 0 Å². The van der Waals surface area contributed by atoms with Crippen LogP contribution in [0.2, 0.25) is 0 Å². The van der Waals surface area contributed by atoms with Crippen LogP contribution in [0.15, 0.2) is 24.3 Å². The van der Waals surface area contributed by atoms with Crippen LogP contribution in [0.3, 0.4) is 0 Å². The van der Waals surface area contributed by atoms with Crippen molar-refractivity contribution < 1.29 is 9.72 Å². The van der Waals surface area contributed by atoms with Crippen molar-refractivity contribution in [2.75, 3.05) is 31.1 Å². The number of piperidine rings is 2. The van der Waals surface area contributed by atoms with Gasteiger partial charge < -0.3 is 9.80 Å². The summed E-state index contributed by atoms with van der Waals surface area (Å²) in [7, 11) is 0. The number of carbonyl (C=O) groups is 1. The van der Waals surface area contributed by atoms with Crippen molar-refractivity contribution in [3.8, 4) is 0 Å². The lowest BCUT2D eigenvalue weighted by Crippen LogP contribution is -2.47. The second-order valence-corrected chi connectivity index (χ2v) is 7.70. The van der Waals surface area contributed by atoms with Crippen LogP contribution in [0.1, 0.15) is 33.1 Å². The van der Waals surface area contributed by atoms with Gasteiger partial charge >= 0.3 is 0 Å². The maximum Gasteiger partial charge on any atom is 0.292 e. The molecule has 0 spiro atoms. The molecule has 2 fully saturated rings. The highest BCUT2D eigenvalue weighted by atomic mass is 16.6. The molecule has 6 heteroatoms. The molecule has 1 amide bonds. The number of nitro benzene ring substituents is 1. The van der Waals surface area contributed by atoms with E-state index in [9.17, 15) is 14.9 Å². The average molecular weight is 345 g/mol. The quantitative estimate of drug-likeness (QED) is 0.623. The molecule has 0 saturated carbocycles. The molecule has 0 unspecified atom stereocenters. The van der Waals surface area contributed by atoms with Gasteiger partial charge in [0.05, 0.1) is 4.92 Å². The zero-order chi connectivity index (χ0) is 18.0. The number of nitrogens with zero attached hydrogens (tertiary/aromatic N) is 3. The molecule has 0 aliphatic carbocycles. The molecule has 0 radical (unpaired) electrons. The second kappa shape index (κ2) is 7.42. The Kier molecular flexibility index (Phi) is 5.25. The molecule has 2 atom stereocenters. The Hall–Kier alpha value is -2.11. The van der Waals surface area contributed by atoms with Crippen molar-refractivity contribution in [3.05, 3.63) is 34.4 Å². The van der Waals surface area contributed by atoms with Crippen molar-refractivity contribution in [2.24, 2.45) is 17.8 Å². The van der Waals surface area contributed by atoms with E-state index >= 15 is 0 Å². The van der Waals surface area contributed by atoms with E-state index in [0.29, 0.717) is 30.6 Å². The third-order valence-electron chi connectivity index (χ3n) is 5.44. The summed E-state index contributed by atoms with van der Waals surface area (Å²) in [6.07, 6.45) is 2.73. The summed E-state index contributed by atoms with van der Waals surface area (Å²) in [4.78, 5) is 27.8.